The van der Waals surface area contributed by atoms with Gasteiger partial charge in [-0.2, -0.15) is 0 Å². The number of hydrogen-bond donors (Lipinski definition) is 0. The van der Waals surface area contributed by atoms with Gasteiger partial charge in [-0.25, -0.2) is 9.59 Å². The normalized spacial score (nSPS) is 24.5. The number of carbonyl (C=O) groups is 2. The molecule has 0 unspecified atom stereocenters. The molecule has 6 heteroatoms. The molecular weight excluding hydrogens is 392 g/mol. The van der Waals surface area contributed by atoms with Crippen LogP contribution in [0.15, 0.2) is 48.8 Å². The third-order valence-corrected chi connectivity index (χ3v) is 6.21. The highest BCUT2D eigenvalue weighted by molar-refractivity contribution is 5.89. The number of carbonyl (C=O) groups excluding carboxylic acids is 2. The zero-order chi connectivity index (χ0) is 21.8. The first-order chi connectivity index (χ1) is 15.0. The van der Waals surface area contributed by atoms with E-state index in [0.29, 0.717) is 24.9 Å². The molecule has 1 aliphatic heterocycles. The molecule has 2 aliphatic rings. The second kappa shape index (κ2) is 8.81. The molecule has 1 aromatic heterocycles. The van der Waals surface area contributed by atoms with Crippen molar-refractivity contribution in [3.63, 3.8) is 0 Å². The number of aromatic nitrogens is 1. The Morgan fingerprint density at radius 3 is 2.84 bits per heavy atom. The smallest absolute Gasteiger partial charge is 0.409 e. The Labute approximate surface area is 182 Å². The summed E-state index contributed by atoms with van der Waals surface area (Å²) in [6.45, 7) is 2.59. The predicted molar refractivity (Wildman–Crippen MR) is 115 cm³/mol. The fourth-order valence-corrected chi connectivity index (χ4v) is 4.77. The topological polar surface area (TPSA) is 68.7 Å². The van der Waals surface area contributed by atoms with Crippen molar-refractivity contribution in [1.82, 2.24) is 9.88 Å². The van der Waals surface area contributed by atoms with Gasteiger partial charge in [-0.3, -0.25) is 4.98 Å². The molecule has 31 heavy (non-hydrogen) atoms. The summed E-state index contributed by atoms with van der Waals surface area (Å²) in [6, 6.07) is 11.3. The molecule has 3 atom stereocenters. The van der Waals surface area contributed by atoms with Crippen LogP contribution in [-0.2, 0) is 9.47 Å². The molecule has 160 valence electrons. The molecule has 4 rings (SSSR count). The summed E-state index contributed by atoms with van der Waals surface area (Å²) in [5, 5.41) is 0. The maximum Gasteiger partial charge on any atom is 0.409 e. The minimum absolute atomic E-state index is 0.0605. The van der Waals surface area contributed by atoms with E-state index in [1.165, 1.54) is 13.3 Å². The van der Waals surface area contributed by atoms with Gasteiger partial charge in [0, 0.05) is 36.5 Å². The first-order valence-corrected chi connectivity index (χ1v) is 10.6. The van der Waals surface area contributed by atoms with Gasteiger partial charge in [-0.05, 0) is 68.4 Å². The summed E-state index contributed by atoms with van der Waals surface area (Å²) in [7, 11) is 1.39. The maximum atomic E-state index is 13.0. The third kappa shape index (κ3) is 4.27. The van der Waals surface area contributed by atoms with E-state index in [2.05, 4.69) is 16.8 Å². The van der Waals surface area contributed by atoms with Gasteiger partial charge in [0.15, 0.2) is 5.60 Å². The quantitative estimate of drug-likeness (QED) is 0.545. The van der Waals surface area contributed by atoms with E-state index >= 15 is 0 Å². The summed E-state index contributed by atoms with van der Waals surface area (Å²) >= 11 is 0. The Morgan fingerprint density at radius 2 is 2.10 bits per heavy atom. The van der Waals surface area contributed by atoms with Crippen LogP contribution in [0.2, 0.25) is 0 Å². The summed E-state index contributed by atoms with van der Waals surface area (Å²) < 4.78 is 11.1. The van der Waals surface area contributed by atoms with Crippen LogP contribution < -0.4 is 0 Å². The molecule has 6 nitrogen and oxygen atoms in total. The number of nitrogens with zero attached hydrogens (tertiary/aromatic N) is 2. The second-order valence-electron chi connectivity index (χ2n) is 8.16. The van der Waals surface area contributed by atoms with Crippen LogP contribution in [0.25, 0.3) is 0 Å². The fraction of sp³-hybridized carbons (Fsp3) is 0.400. The number of likely N-dealkylation sites (tertiary alicyclic amines) is 1. The monoisotopic (exact) mass is 418 g/mol. The van der Waals surface area contributed by atoms with Gasteiger partial charge in [0.25, 0.3) is 0 Å². The lowest BCUT2D eigenvalue weighted by atomic mass is 9.72. The number of methoxy groups -OCH3 is 1. The highest BCUT2D eigenvalue weighted by atomic mass is 16.6. The van der Waals surface area contributed by atoms with Crippen molar-refractivity contribution in [2.24, 2.45) is 5.92 Å². The van der Waals surface area contributed by atoms with Gasteiger partial charge < -0.3 is 14.4 Å². The van der Waals surface area contributed by atoms with Crippen molar-refractivity contribution in [1.29, 1.82) is 0 Å². The van der Waals surface area contributed by atoms with Crippen LogP contribution in [0.4, 0.5) is 4.79 Å². The van der Waals surface area contributed by atoms with Gasteiger partial charge in [0.2, 0.25) is 0 Å². The average molecular weight is 418 g/mol. The lowest BCUT2D eigenvalue weighted by molar-refractivity contribution is -0.0445. The number of hydrogen-bond acceptors (Lipinski definition) is 5. The highest BCUT2D eigenvalue weighted by Crippen LogP contribution is 2.45. The molecule has 1 saturated carbocycles. The lowest BCUT2D eigenvalue weighted by Gasteiger charge is -2.42. The molecular formula is C25H26N2O4. The van der Waals surface area contributed by atoms with Gasteiger partial charge in [-0.1, -0.05) is 18.1 Å². The number of amides is 1. The minimum Gasteiger partial charge on any atom is -0.453 e. The van der Waals surface area contributed by atoms with Gasteiger partial charge in [0.05, 0.1) is 12.7 Å². The van der Waals surface area contributed by atoms with E-state index in [1.807, 2.05) is 31.2 Å². The molecule has 0 N–H and O–H groups in total. The zero-order valence-electron chi connectivity index (χ0n) is 17.8. The van der Waals surface area contributed by atoms with E-state index in [9.17, 15) is 9.59 Å². The standard InChI is InChI=1S/C25H26N2O4/c1-18-6-3-7-19(16-18)10-13-25(31-23(28)20-8-5-14-26-17-20)12-4-9-22-21(25)11-15-27(22)24(29)30-2/h3,5-8,14,16-17,21-22H,4,9,11-12,15H2,1-2H3/t21-,22-,25-/m1/s1. The van der Waals surface area contributed by atoms with E-state index < -0.39 is 11.6 Å². The van der Waals surface area contributed by atoms with E-state index in [4.69, 9.17) is 9.47 Å². The summed E-state index contributed by atoms with van der Waals surface area (Å²) in [4.78, 5) is 31.1. The van der Waals surface area contributed by atoms with Crippen LogP contribution in [-0.4, -0.2) is 47.2 Å². The second-order valence-corrected chi connectivity index (χ2v) is 8.16. The van der Waals surface area contributed by atoms with Crippen LogP contribution in [0, 0.1) is 24.7 Å². The first kappa shape index (κ1) is 20.9. The van der Waals surface area contributed by atoms with Crippen molar-refractivity contribution in [3.05, 3.63) is 65.5 Å². The summed E-state index contributed by atoms with van der Waals surface area (Å²) in [5.74, 6) is 6.07. The Hall–Kier alpha value is -3.33. The number of rotatable bonds is 2. The van der Waals surface area contributed by atoms with Gasteiger partial charge in [0.1, 0.15) is 0 Å². The number of benzene rings is 1. The van der Waals surface area contributed by atoms with Crippen molar-refractivity contribution in [3.8, 4) is 11.8 Å². The molecule has 0 bridgehead atoms. The molecule has 1 saturated heterocycles. The van der Waals surface area contributed by atoms with Crippen LogP contribution in [0.1, 0.15) is 47.2 Å². The number of fused-ring (bicyclic) bond motifs is 1. The summed E-state index contributed by atoms with van der Waals surface area (Å²) in [6.07, 6.45) is 5.77. The van der Waals surface area contributed by atoms with E-state index in [-0.39, 0.29) is 18.1 Å². The van der Waals surface area contributed by atoms with Crippen LogP contribution >= 0.6 is 0 Å². The SMILES string of the molecule is COC(=O)N1CC[C@@H]2[C@H]1CCC[C@]2(C#Cc1cccc(C)c1)OC(=O)c1cccnc1. The highest BCUT2D eigenvalue weighted by Gasteiger charge is 2.53. The van der Waals surface area contributed by atoms with Crippen LogP contribution in [0.3, 0.4) is 0 Å². The molecule has 2 fully saturated rings. The first-order valence-electron chi connectivity index (χ1n) is 10.6. The number of esters is 1. The molecule has 0 radical (unpaired) electrons. The average Bonchev–Trinajstić information content (AvgIpc) is 3.23. The van der Waals surface area contributed by atoms with Crippen molar-refractivity contribution in [2.45, 2.75) is 44.2 Å². The predicted octanol–water partition coefficient (Wildman–Crippen LogP) is 3.98. The molecule has 2 aromatic rings. The number of pyridine rings is 1. The van der Waals surface area contributed by atoms with Crippen molar-refractivity contribution < 1.29 is 19.1 Å². The summed E-state index contributed by atoms with van der Waals surface area (Å²) in [5.41, 5.74) is 1.42. The Morgan fingerprint density at radius 1 is 1.23 bits per heavy atom. The Bertz CT molecular complexity index is 1030. The van der Waals surface area contributed by atoms with Gasteiger partial charge in [-0.15, -0.1) is 0 Å². The Balaban J connectivity index is 1.71. The minimum atomic E-state index is -0.970. The zero-order valence-corrected chi connectivity index (χ0v) is 17.8. The van der Waals surface area contributed by atoms with Crippen LogP contribution in [0.5, 0.6) is 0 Å². The molecule has 1 aromatic carbocycles. The lowest BCUT2D eigenvalue weighted by Crippen LogP contribution is -2.51. The Kier molecular flexibility index (Phi) is 5.94. The van der Waals surface area contributed by atoms with Crippen molar-refractivity contribution in [2.75, 3.05) is 13.7 Å². The molecule has 1 amide bonds. The fourth-order valence-electron chi connectivity index (χ4n) is 4.77. The van der Waals surface area contributed by atoms with E-state index in [0.717, 1.165) is 24.0 Å². The maximum absolute atomic E-state index is 13.0. The molecule has 0 spiro atoms. The number of ether oxygens (including phenoxy) is 2. The van der Waals surface area contributed by atoms with E-state index in [1.54, 1.807) is 23.2 Å². The third-order valence-electron chi connectivity index (χ3n) is 6.21. The number of aryl methyl sites for hydroxylation is 1. The van der Waals surface area contributed by atoms with Crippen molar-refractivity contribution >= 4 is 12.1 Å². The largest absolute Gasteiger partial charge is 0.453 e. The molecule has 1 aliphatic carbocycles. The van der Waals surface area contributed by atoms with Gasteiger partial charge >= 0.3 is 12.1 Å². The molecule has 2 heterocycles.